The third-order valence-electron chi connectivity index (χ3n) is 3.61. The van der Waals surface area contributed by atoms with E-state index in [9.17, 15) is 10.1 Å². The Bertz CT molecular complexity index is 732. The van der Waals surface area contributed by atoms with Crippen LogP contribution in [0.25, 0.3) is 0 Å². The summed E-state index contributed by atoms with van der Waals surface area (Å²) in [7, 11) is 0. The first-order valence-corrected chi connectivity index (χ1v) is 8.26. The molecule has 6 heteroatoms. The number of alkyl halides is 1. The maximum atomic E-state index is 12.4. The fourth-order valence-corrected chi connectivity index (χ4v) is 3.11. The molecule has 1 unspecified atom stereocenters. The molecular weight excluding hydrogens is 360 g/mol. The molecule has 23 heavy (non-hydrogen) atoms. The number of allylic oxidation sites excluding steroid dienone is 2. The molecule has 0 radical (unpaired) electrons. The molecule has 0 bridgehead atoms. The summed E-state index contributed by atoms with van der Waals surface area (Å²) < 4.78 is 10.5. The van der Waals surface area contributed by atoms with Gasteiger partial charge in [0.2, 0.25) is 5.88 Å². The Labute approximate surface area is 143 Å². The number of hydrogen-bond donors (Lipinski definition) is 1. The van der Waals surface area contributed by atoms with Crippen LogP contribution in [0.5, 0.6) is 0 Å². The van der Waals surface area contributed by atoms with Gasteiger partial charge in [-0.15, -0.1) is 0 Å². The topological polar surface area (TPSA) is 85.3 Å². The summed E-state index contributed by atoms with van der Waals surface area (Å²) in [6.07, 6.45) is 0. The molecule has 0 aromatic heterocycles. The zero-order chi connectivity index (χ0) is 17.0. The highest BCUT2D eigenvalue weighted by Crippen LogP contribution is 2.41. The fourth-order valence-electron chi connectivity index (χ4n) is 2.60. The van der Waals surface area contributed by atoms with Crippen molar-refractivity contribution in [2.24, 2.45) is 5.73 Å². The van der Waals surface area contributed by atoms with E-state index in [0.29, 0.717) is 16.7 Å². The summed E-state index contributed by atoms with van der Waals surface area (Å²) >= 11 is 3.44. The van der Waals surface area contributed by atoms with Gasteiger partial charge in [0.15, 0.2) is 0 Å². The minimum atomic E-state index is -0.596. The van der Waals surface area contributed by atoms with Crippen LogP contribution in [0, 0.1) is 11.3 Å². The van der Waals surface area contributed by atoms with E-state index in [0.717, 1.165) is 11.1 Å². The summed E-state index contributed by atoms with van der Waals surface area (Å²) in [6, 6.07) is 9.65. The van der Waals surface area contributed by atoms with E-state index in [1.807, 2.05) is 24.3 Å². The predicted molar refractivity (Wildman–Crippen MR) is 89.1 cm³/mol. The van der Waals surface area contributed by atoms with Crippen molar-refractivity contribution in [1.29, 1.82) is 5.26 Å². The first-order chi connectivity index (χ1) is 11.0. The lowest BCUT2D eigenvalue weighted by molar-refractivity contribution is -0.139. The first kappa shape index (κ1) is 17.1. The number of nitrogens with two attached hydrogens (primary N) is 1. The van der Waals surface area contributed by atoms with Crippen LogP contribution in [0.4, 0.5) is 0 Å². The molecular formula is C17H17BrN2O3. The van der Waals surface area contributed by atoms with E-state index in [2.05, 4.69) is 22.0 Å². The second kappa shape index (κ2) is 7.34. The van der Waals surface area contributed by atoms with Gasteiger partial charge in [0.25, 0.3) is 0 Å². The van der Waals surface area contributed by atoms with Gasteiger partial charge < -0.3 is 15.2 Å². The van der Waals surface area contributed by atoms with Gasteiger partial charge in [0.1, 0.15) is 17.4 Å². The molecule has 1 aliphatic rings. The average molecular weight is 377 g/mol. The maximum Gasteiger partial charge on any atom is 0.338 e. The summed E-state index contributed by atoms with van der Waals surface area (Å²) in [5.41, 5.74) is 8.19. The van der Waals surface area contributed by atoms with Crippen LogP contribution in [0.2, 0.25) is 0 Å². The summed E-state index contributed by atoms with van der Waals surface area (Å²) in [5, 5.41) is 10.1. The Hall–Kier alpha value is -2.26. The summed E-state index contributed by atoms with van der Waals surface area (Å²) in [6.45, 7) is 3.62. The number of rotatable bonds is 4. The molecule has 1 aromatic rings. The van der Waals surface area contributed by atoms with E-state index < -0.39 is 11.9 Å². The number of nitrogens with zero attached hydrogens (tertiary/aromatic N) is 1. The van der Waals surface area contributed by atoms with Gasteiger partial charge in [0.05, 0.1) is 18.1 Å². The van der Waals surface area contributed by atoms with Crippen molar-refractivity contribution in [2.75, 3.05) is 6.61 Å². The van der Waals surface area contributed by atoms with Crippen LogP contribution < -0.4 is 5.73 Å². The van der Waals surface area contributed by atoms with Crippen LogP contribution in [0.3, 0.4) is 0 Å². The molecule has 0 aliphatic carbocycles. The van der Waals surface area contributed by atoms with Crippen LogP contribution >= 0.6 is 15.9 Å². The number of carbonyl (C=O) groups is 1. The van der Waals surface area contributed by atoms with Crippen molar-refractivity contribution < 1.29 is 14.3 Å². The highest BCUT2D eigenvalue weighted by atomic mass is 79.9. The van der Waals surface area contributed by atoms with Gasteiger partial charge in [-0.1, -0.05) is 40.2 Å². The number of esters is 1. The molecule has 120 valence electrons. The zero-order valence-corrected chi connectivity index (χ0v) is 14.5. The highest BCUT2D eigenvalue weighted by Gasteiger charge is 2.37. The highest BCUT2D eigenvalue weighted by molar-refractivity contribution is 9.08. The van der Waals surface area contributed by atoms with Crippen LogP contribution in [0.1, 0.15) is 30.9 Å². The van der Waals surface area contributed by atoms with Crippen LogP contribution in [-0.2, 0) is 19.6 Å². The molecule has 1 aromatic carbocycles. The van der Waals surface area contributed by atoms with Gasteiger partial charge in [-0.05, 0) is 25.0 Å². The second-order valence-corrected chi connectivity index (χ2v) is 5.51. The number of carbonyl (C=O) groups excluding carboxylic acids is 1. The third kappa shape index (κ3) is 3.25. The van der Waals surface area contributed by atoms with Gasteiger partial charge >= 0.3 is 5.97 Å². The molecule has 1 heterocycles. The monoisotopic (exact) mass is 376 g/mol. The summed E-state index contributed by atoms with van der Waals surface area (Å²) in [5.74, 6) is -0.720. The lowest BCUT2D eigenvalue weighted by Gasteiger charge is -2.28. The average Bonchev–Trinajstić information content (AvgIpc) is 2.54. The van der Waals surface area contributed by atoms with E-state index in [1.165, 1.54) is 0 Å². The van der Waals surface area contributed by atoms with E-state index >= 15 is 0 Å². The molecule has 1 atom stereocenters. The van der Waals surface area contributed by atoms with E-state index in [1.54, 1.807) is 13.8 Å². The molecule has 0 saturated carbocycles. The largest absolute Gasteiger partial charge is 0.463 e. The Morgan fingerprint density at radius 3 is 2.78 bits per heavy atom. The summed E-state index contributed by atoms with van der Waals surface area (Å²) in [4.78, 5) is 12.4. The molecule has 0 saturated heterocycles. The van der Waals surface area contributed by atoms with Crippen molar-refractivity contribution >= 4 is 21.9 Å². The van der Waals surface area contributed by atoms with Gasteiger partial charge in [0, 0.05) is 5.33 Å². The van der Waals surface area contributed by atoms with E-state index in [4.69, 9.17) is 15.2 Å². The SMILES string of the molecule is CCOC(=O)C1=C(C)OC(N)=C(C#N)C1c1ccccc1CBr. The standard InChI is InChI=1S/C17H17BrN2O3/c1-3-22-17(21)14-10(2)23-16(20)13(9-19)15(14)12-7-5-4-6-11(12)8-18/h4-7,15H,3,8,20H2,1-2H3. The fraction of sp³-hybridized carbons (Fsp3) is 0.294. The normalized spacial score (nSPS) is 17.6. The lowest BCUT2D eigenvalue weighted by atomic mass is 9.81. The minimum Gasteiger partial charge on any atom is -0.463 e. The van der Waals surface area contributed by atoms with Gasteiger partial charge in [-0.2, -0.15) is 5.26 Å². The van der Waals surface area contributed by atoms with Crippen LogP contribution in [-0.4, -0.2) is 12.6 Å². The lowest BCUT2D eigenvalue weighted by Crippen LogP contribution is -2.26. The van der Waals surface area contributed by atoms with Crippen molar-refractivity contribution in [3.05, 3.63) is 58.2 Å². The van der Waals surface area contributed by atoms with Crippen molar-refractivity contribution in [3.8, 4) is 6.07 Å². The Balaban J connectivity index is 2.67. The van der Waals surface area contributed by atoms with Gasteiger partial charge in [-0.25, -0.2) is 4.79 Å². The molecule has 0 amide bonds. The maximum absolute atomic E-state index is 12.4. The van der Waals surface area contributed by atoms with Crippen molar-refractivity contribution in [3.63, 3.8) is 0 Å². The predicted octanol–water partition coefficient (Wildman–Crippen LogP) is 3.23. The number of nitriles is 1. The second-order valence-electron chi connectivity index (χ2n) is 4.95. The molecule has 2 N–H and O–H groups in total. The first-order valence-electron chi connectivity index (χ1n) is 7.14. The molecule has 0 spiro atoms. The quantitative estimate of drug-likeness (QED) is 0.643. The van der Waals surface area contributed by atoms with Crippen LogP contribution in [0.15, 0.2) is 47.1 Å². The minimum absolute atomic E-state index is 0.0208. The molecule has 5 nitrogen and oxygen atoms in total. The smallest absolute Gasteiger partial charge is 0.338 e. The zero-order valence-electron chi connectivity index (χ0n) is 12.9. The number of hydrogen-bond acceptors (Lipinski definition) is 5. The van der Waals surface area contributed by atoms with Crippen molar-refractivity contribution in [2.45, 2.75) is 25.1 Å². The van der Waals surface area contributed by atoms with Gasteiger partial charge in [-0.3, -0.25) is 0 Å². The molecule has 2 rings (SSSR count). The number of halogens is 1. The van der Waals surface area contributed by atoms with Crippen molar-refractivity contribution in [1.82, 2.24) is 0 Å². The molecule has 0 fully saturated rings. The van der Waals surface area contributed by atoms with E-state index in [-0.39, 0.29) is 18.1 Å². The number of benzene rings is 1. The third-order valence-corrected chi connectivity index (χ3v) is 4.22. The molecule has 1 aliphatic heterocycles. The Kier molecular flexibility index (Phi) is 5.45. The Morgan fingerprint density at radius 1 is 1.48 bits per heavy atom. The Morgan fingerprint density at radius 2 is 2.17 bits per heavy atom. The number of ether oxygens (including phenoxy) is 2.